The Balaban J connectivity index is 4.03. The highest BCUT2D eigenvalue weighted by Crippen LogP contribution is 2.31. The molecule has 0 aliphatic carbocycles. The third-order valence-corrected chi connectivity index (χ3v) is 1.87. The van der Waals surface area contributed by atoms with Gasteiger partial charge in [-0.1, -0.05) is 0 Å². The van der Waals surface area contributed by atoms with Crippen LogP contribution in [0.1, 0.15) is 0 Å². The highest BCUT2D eigenvalue weighted by molar-refractivity contribution is 7.96. The molecule has 0 rings (SSSR count). The van der Waals surface area contributed by atoms with Crippen LogP contribution in [-0.2, 0) is 18.9 Å². The highest BCUT2D eigenvalue weighted by atomic mass is 32.2. The molecule has 10 heteroatoms. The smallest absolute Gasteiger partial charge is 0.415 e. The van der Waals surface area contributed by atoms with Crippen molar-refractivity contribution in [2.75, 3.05) is 19.8 Å². The van der Waals surface area contributed by atoms with Gasteiger partial charge in [0, 0.05) is 5.92 Å². The first kappa shape index (κ1) is 15.5. The van der Waals surface area contributed by atoms with E-state index >= 15 is 0 Å². The summed E-state index contributed by atoms with van der Waals surface area (Å²) >= 11 is -0.814. The zero-order chi connectivity index (χ0) is 12.6. The van der Waals surface area contributed by atoms with E-state index in [9.17, 15) is 18.8 Å². The van der Waals surface area contributed by atoms with Crippen molar-refractivity contribution in [2.24, 2.45) is 5.92 Å². The van der Waals surface area contributed by atoms with Gasteiger partial charge in [-0.15, -0.1) is 0 Å². The Hall–Kier alpha value is -0.520. The largest absolute Gasteiger partial charge is 0.691 e. The Bertz CT molecular complexity index is 211. The standard InChI is InChI=1S/C6H10F2O7S/c7-6(8,16-15-14-12)5(11)13-3-4(1-9)2-10/h4,9-10,12H,1-3H2/p-1. The summed E-state index contributed by atoms with van der Waals surface area (Å²) < 4.78 is 32.7. The number of hydrogen-bond acceptors (Lipinski definition) is 8. The topological polar surface area (TPSA) is 108 Å². The molecule has 2 N–H and O–H groups in total. The normalized spacial score (nSPS) is 11.9. The second-order valence-electron chi connectivity index (χ2n) is 2.57. The Morgan fingerprint density at radius 3 is 2.44 bits per heavy atom. The molecule has 0 saturated carbocycles. The second-order valence-corrected chi connectivity index (χ2v) is 3.38. The molecule has 0 unspecified atom stereocenters. The number of aliphatic hydroxyl groups excluding tert-OH is 2. The predicted molar refractivity (Wildman–Crippen MR) is 43.3 cm³/mol. The van der Waals surface area contributed by atoms with Crippen LogP contribution in [0.3, 0.4) is 0 Å². The van der Waals surface area contributed by atoms with Gasteiger partial charge in [0.05, 0.1) is 19.8 Å². The number of halogens is 2. The fourth-order valence-corrected chi connectivity index (χ4v) is 0.772. The van der Waals surface area contributed by atoms with Crippen LogP contribution in [0.15, 0.2) is 0 Å². The molecule has 0 aromatic carbocycles. The summed E-state index contributed by atoms with van der Waals surface area (Å²) in [6.45, 7) is -1.63. The minimum Gasteiger partial charge on any atom is -0.691 e. The van der Waals surface area contributed by atoms with E-state index in [-0.39, 0.29) is 0 Å². The van der Waals surface area contributed by atoms with Crippen LogP contribution in [0.4, 0.5) is 8.78 Å². The van der Waals surface area contributed by atoms with Crippen LogP contribution >= 0.6 is 12.0 Å². The fourth-order valence-electron chi connectivity index (χ4n) is 0.531. The maximum atomic E-state index is 12.7. The lowest BCUT2D eigenvalue weighted by atomic mass is 10.2. The Morgan fingerprint density at radius 2 is 2.00 bits per heavy atom. The van der Waals surface area contributed by atoms with Gasteiger partial charge in [-0.3, -0.25) is 5.04 Å². The van der Waals surface area contributed by atoms with Crippen molar-refractivity contribution < 1.29 is 43.2 Å². The van der Waals surface area contributed by atoms with Gasteiger partial charge in [0.1, 0.15) is 12.0 Å². The summed E-state index contributed by atoms with van der Waals surface area (Å²) in [5.41, 5.74) is 0. The molecule has 0 aromatic heterocycles. The molecule has 0 bridgehead atoms. The number of carbonyl (C=O) groups excluding carboxylic acids is 1. The lowest BCUT2D eigenvalue weighted by Gasteiger charge is -2.16. The van der Waals surface area contributed by atoms with E-state index in [0.29, 0.717) is 0 Å². The molecule has 0 fully saturated rings. The Labute approximate surface area is 93.0 Å². The van der Waals surface area contributed by atoms with Gasteiger partial charge < -0.3 is 20.2 Å². The first-order valence-corrected chi connectivity index (χ1v) is 4.63. The summed E-state index contributed by atoms with van der Waals surface area (Å²) in [5, 5.41) is 24.9. The van der Waals surface area contributed by atoms with E-state index in [4.69, 9.17) is 10.2 Å². The van der Waals surface area contributed by atoms with Gasteiger partial charge in [-0.05, 0) is 0 Å². The van der Waals surface area contributed by atoms with Crippen LogP contribution in [0.5, 0.6) is 0 Å². The highest BCUT2D eigenvalue weighted by Gasteiger charge is 2.44. The average Bonchev–Trinajstić information content (AvgIpc) is 2.27. The minimum atomic E-state index is -4.11. The van der Waals surface area contributed by atoms with E-state index in [0.717, 1.165) is 0 Å². The van der Waals surface area contributed by atoms with Gasteiger partial charge in [0.25, 0.3) is 0 Å². The van der Waals surface area contributed by atoms with Crippen LogP contribution in [0, 0.1) is 5.92 Å². The van der Waals surface area contributed by atoms with Crippen molar-refractivity contribution in [1.29, 1.82) is 0 Å². The molecule has 0 radical (unpaired) electrons. The van der Waals surface area contributed by atoms with Crippen molar-refractivity contribution in [1.82, 2.24) is 0 Å². The van der Waals surface area contributed by atoms with Gasteiger partial charge >= 0.3 is 11.2 Å². The van der Waals surface area contributed by atoms with Crippen LogP contribution in [0.2, 0.25) is 0 Å². The lowest BCUT2D eigenvalue weighted by Crippen LogP contribution is -2.31. The molecule has 7 nitrogen and oxygen atoms in total. The molecular weight excluding hydrogens is 254 g/mol. The third-order valence-electron chi connectivity index (χ3n) is 1.37. The monoisotopic (exact) mass is 263 g/mol. The quantitative estimate of drug-likeness (QED) is 0.238. The van der Waals surface area contributed by atoms with Crippen molar-refractivity contribution in [3.05, 3.63) is 0 Å². The minimum absolute atomic E-state index is 0.525. The Morgan fingerprint density at radius 1 is 1.44 bits per heavy atom. The van der Waals surface area contributed by atoms with Crippen LogP contribution < -0.4 is 5.26 Å². The molecular formula is C6H9F2O7S-. The molecule has 0 amide bonds. The number of alkyl halides is 2. The number of hydrogen-bond donors (Lipinski definition) is 2. The number of carbonyl (C=O) groups is 1. The van der Waals surface area contributed by atoms with E-state index in [2.05, 4.69) is 14.1 Å². The first-order chi connectivity index (χ1) is 7.47. The summed E-state index contributed by atoms with van der Waals surface area (Å²) in [7, 11) is 0. The Kier molecular flexibility index (Phi) is 7.45. The van der Waals surface area contributed by atoms with Gasteiger partial charge in [-0.25, -0.2) is 4.79 Å². The summed E-state index contributed by atoms with van der Waals surface area (Å²) in [6, 6.07) is 0. The third kappa shape index (κ3) is 5.53. The lowest BCUT2D eigenvalue weighted by molar-refractivity contribution is -0.777. The summed E-state index contributed by atoms with van der Waals surface area (Å²) in [4.78, 5) is 10.7. The summed E-state index contributed by atoms with van der Waals surface area (Å²) in [5.74, 6) is -2.82. The maximum Gasteiger partial charge on any atom is 0.415 e. The molecule has 0 saturated heterocycles. The van der Waals surface area contributed by atoms with E-state index in [1.807, 2.05) is 0 Å². The van der Waals surface area contributed by atoms with Crippen LogP contribution in [-0.4, -0.2) is 41.3 Å². The number of ether oxygens (including phenoxy) is 1. The number of rotatable bonds is 8. The average molecular weight is 263 g/mol. The van der Waals surface area contributed by atoms with E-state index in [1.54, 1.807) is 0 Å². The fraction of sp³-hybridized carbons (Fsp3) is 0.833. The van der Waals surface area contributed by atoms with Crippen molar-refractivity contribution in [2.45, 2.75) is 5.25 Å². The van der Waals surface area contributed by atoms with E-state index in [1.165, 1.54) is 0 Å². The number of aliphatic hydroxyl groups is 2. The first-order valence-electron chi connectivity index (χ1n) is 3.89. The van der Waals surface area contributed by atoms with E-state index < -0.39 is 49.0 Å². The van der Waals surface area contributed by atoms with Gasteiger partial charge in [0.2, 0.25) is 0 Å². The second kappa shape index (κ2) is 7.70. The van der Waals surface area contributed by atoms with Crippen LogP contribution in [0.25, 0.3) is 0 Å². The molecule has 0 atom stereocenters. The SMILES string of the molecule is O=C(OCC(CO)CO)C(F)(F)SOO[O-]. The summed E-state index contributed by atoms with van der Waals surface area (Å²) in [6.07, 6.45) is 0. The zero-order valence-corrected chi connectivity index (χ0v) is 8.62. The molecule has 96 valence electrons. The maximum absolute atomic E-state index is 12.7. The molecule has 0 aliphatic rings. The predicted octanol–water partition coefficient (Wildman–Crippen LogP) is -1.41. The van der Waals surface area contributed by atoms with Crippen molar-refractivity contribution in [3.63, 3.8) is 0 Å². The van der Waals surface area contributed by atoms with Crippen molar-refractivity contribution in [3.8, 4) is 0 Å². The molecule has 0 heterocycles. The van der Waals surface area contributed by atoms with Gasteiger partial charge in [0.15, 0.2) is 0 Å². The molecule has 0 spiro atoms. The zero-order valence-electron chi connectivity index (χ0n) is 7.80. The molecule has 0 aromatic rings. The molecule has 16 heavy (non-hydrogen) atoms. The number of esters is 1. The van der Waals surface area contributed by atoms with Gasteiger partial charge in [-0.2, -0.15) is 13.1 Å². The van der Waals surface area contributed by atoms with Crippen molar-refractivity contribution >= 4 is 18.0 Å². The molecule has 0 aliphatic heterocycles.